The van der Waals surface area contributed by atoms with Crippen LogP contribution in [0.3, 0.4) is 0 Å². The predicted molar refractivity (Wildman–Crippen MR) is 92.6 cm³/mol. The van der Waals surface area contributed by atoms with E-state index in [2.05, 4.69) is 10.3 Å². The van der Waals surface area contributed by atoms with Crippen LogP contribution < -0.4 is 5.32 Å². The van der Waals surface area contributed by atoms with Gasteiger partial charge in [-0.15, -0.1) is 22.7 Å². The lowest BCUT2D eigenvalue weighted by molar-refractivity contribution is -0.117. The molecule has 1 N–H and O–H groups in total. The van der Waals surface area contributed by atoms with Crippen molar-refractivity contribution in [1.82, 2.24) is 4.98 Å². The molecule has 2 aliphatic carbocycles. The summed E-state index contributed by atoms with van der Waals surface area (Å²) in [7, 11) is 0. The van der Waals surface area contributed by atoms with Crippen LogP contribution in [0.2, 0.25) is 4.34 Å². The van der Waals surface area contributed by atoms with Crippen LogP contribution in [0.25, 0.3) is 10.6 Å². The van der Waals surface area contributed by atoms with E-state index in [1.54, 1.807) is 0 Å². The van der Waals surface area contributed by atoms with Gasteiger partial charge in [0, 0.05) is 11.8 Å². The highest BCUT2D eigenvalue weighted by Gasteiger charge is 2.40. The number of halogens is 1. The quantitative estimate of drug-likeness (QED) is 0.812. The first-order valence-electron chi connectivity index (χ1n) is 7.68. The number of hydrogen-bond acceptors (Lipinski definition) is 4. The van der Waals surface area contributed by atoms with Crippen LogP contribution in [-0.2, 0) is 4.79 Å². The van der Waals surface area contributed by atoms with Gasteiger partial charge in [-0.3, -0.25) is 4.79 Å². The third-order valence-corrected chi connectivity index (χ3v) is 6.92. The number of thiazole rings is 1. The van der Waals surface area contributed by atoms with Crippen LogP contribution in [-0.4, -0.2) is 10.9 Å². The van der Waals surface area contributed by atoms with Gasteiger partial charge in [0.1, 0.15) is 0 Å². The summed E-state index contributed by atoms with van der Waals surface area (Å²) in [4.78, 5) is 17.8. The Morgan fingerprint density at radius 1 is 1.36 bits per heavy atom. The number of fused-ring (bicyclic) bond motifs is 2. The van der Waals surface area contributed by atoms with Crippen LogP contribution in [0.1, 0.15) is 32.1 Å². The Hall–Kier alpha value is -0.910. The van der Waals surface area contributed by atoms with Gasteiger partial charge in [0.25, 0.3) is 0 Å². The topological polar surface area (TPSA) is 42.0 Å². The first-order valence-corrected chi connectivity index (χ1v) is 9.76. The van der Waals surface area contributed by atoms with Gasteiger partial charge in [-0.2, -0.15) is 0 Å². The van der Waals surface area contributed by atoms with Crippen LogP contribution >= 0.6 is 34.3 Å². The lowest BCUT2D eigenvalue weighted by atomic mass is 9.86. The zero-order chi connectivity index (χ0) is 15.1. The molecule has 0 radical (unpaired) electrons. The molecular formula is C16H17ClN2OS2. The standard InChI is InChI=1S/C16H17ClN2OS2/c17-14-4-3-13(22-14)12-8-21-16(18-12)19-15(20)7-11-6-9-1-2-10(11)5-9/h3-4,8-11H,1-2,5-7H2,(H,18,19,20)/t9-,10-,11+/m0/s1. The highest BCUT2D eigenvalue weighted by atomic mass is 35.5. The van der Waals surface area contributed by atoms with Gasteiger partial charge < -0.3 is 5.32 Å². The second-order valence-corrected chi connectivity index (χ2v) is 8.90. The minimum Gasteiger partial charge on any atom is -0.302 e. The van der Waals surface area contributed by atoms with Gasteiger partial charge in [0.05, 0.1) is 14.9 Å². The molecule has 0 saturated heterocycles. The molecule has 0 unspecified atom stereocenters. The summed E-state index contributed by atoms with van der Waals surface area (Å²) in [5, 5.41) is 5.62. The van der Waals surface area contributed by atoms with Crippen molar-refractivity contribution in [2.75, 3.05) is 5.32 Å². The third kappa shape index (κ3) is 2.94. The normalized spacial score (nSPS) is 26.5. The molecule has 4 rings (SSSR count). The maximum atomic E-state index is 12.2. The summed E-state index contributed by atoms with van der Waals surface area (Å²) in [6.07, 6.45) is 5.94. The van der Waals surface area contributed by atoms with Gasteiger partial charge in [-0.05, 0) is 49.1 Å². The summed E-state index contributed by atoms with van der Waals surface area (Å²) in [6, 6.07) is 3.83. The monoisotopic (exact) mass is 352 g/mol. The Labute approximate surface area is 142 Å². The Kier molecular flexibility index (Phi) is 3.96. The molecule has 2 bridgehead atoms. The average Bonchev–Trinajstić information content (AvgIpc) is 3.21. The number of anilines is 1. The number of amides is 1. The average molecular weight is 353 g/mol. The summed E-state index contributed by atoms with van der Waals surface area (Å²) in [5.41, 5.74) is 0.886. The first kappa shape index (κ1) is 14.7. The van der Waals surface area contributed by atoms with Crippen molar-refractivity contribution in [1.29, 1.82) is 0 Å². The highest BCUT2D eigenvalue weighted by molar-refractivity contribution is 7.20. The van der Waals surface area contributed by atoms with Crippen molar-refractivity contribution >= 4 is 45.3 Å². The zero-order valence-electron chi connectivity index (χ0n) is 12.0. The van der Waals surface area contributed by atoms with Gasteiger partial charge in [-0.25, -0.2) is 4.98 Å². The predicted octanol–water partition coefficient (Wildman–Crippen LogP) is 5.29. The molecule has 2 fully saturated rings. The van der Waals surface area contributed by atoms with Crippen molar-refractivity contribution in [2.45, 2.75) is 32.1 Å². The maximum absolute atomic E-state index is 12.2. The largest absolute Gasteiger partial charge is 0.302 e. The second-order valence-electron chi connectivity index (χ2n) is 6.33. The van der Waals surface area contributed by atoms with Crippen molar-refractivity contribution in [2.24, 2.45) is 17.8 Å². The van der Waals surface area contributed by atoms with E-state index in [-0.39, 0.29) is 5.91 Å². The first-order chi connectivity index (χ1) is 10.7. The van der Waals surface area contributed by atoms with E-state index in [1.165, 1.54) is 48.4 Å². The maximum Gasteiger partial charge on any atom is 0.226 e. The van der Waals surface area contributed by atoms with Crippen molar-refractivity contribution in [3.05, 3.63) is 21.8 Å². The zero-order valence-corrected chi connectivity index (χ0v) is 14.4. The fourth-order valence-electron chi connectivity index (χ4n) is 3.93. The van der Waals surface area contributed by atoms with E-state index < -0.39 is 0 Å². The van der Waals surface area contributed by atoms with Crippen molar-refractivity contribution in [3.63, 3.8) is 0 Å². The number of carbonyl (C=O) groups is 1. The molecule has 2 saturated carbocycles. The molecule has 116 valence electrons. The number of nitrogens with zero attached hydrogens (tertiary/aromatic N) is 1. The smallest absolute Gasteiger partial charge is 0.226 e. The molecule has 0 aliphatic heterocycles. The molecule has 3 nitrogen and oxygen atoms in total. The Morgan fingerprint density at radius 2 is 2.27 bits per heavy atom. The minimum absolute atomic E-state index is 0.114. The number of rotatable bonds is 4. The SMILES string of the molecule is O=C(C[C@H]1C[C@H]2CC[C@H]1C2)Nc1nc(-c2ccc(Cl)s2)cs1. The molecule has 1 amide bonds. The van der Waals surface area contributed by atoms with Crippen LogP contribution in [0.15, 0.2) is 17.5 Å². The number of nitrogens with one attached hydrogen (secondary N) is 1. The van der Waals surface area contributed by atoms with E-state index in [0.717, 1.165) is 26.7 Å². The van der Waals surface area contributed by atoms with E-state index in [1.807, 2.05) is 17.5 Å². The number of thiophene rings is 1. The van der Waals surface area contributed by atoms with Crippen LogP contribution in [0.4, 0.5) is 5.13 Å². The molecule has 2 aromatic rings. The Morgan fingerprint density at radius 3 is 2.95 bits per heavy atom. The van der Waals surface area contributed by atoms with Gasteiger partial charge in [0.15, 0.2) is 5.13 Å². The molecule has 0 aromatic carbocycles. The summed E-state index contributed by atoms with van der Waals surface area (Å²) < 4.78 is 0.755. The Bertz CT molecular complexity index is 696. The molecule has 0 spiro atoms. The molecule has 6 heteroatoms. The molecular weight excluding hydrogens is 336 g/mol. The number of carbonyl (C=O) groups excluding carboxylic acids is 1. The number of hydrogen-bond donors (Lipinski definition) is 1. The molecule has 2 aromatic heterocycles. The highest BCUT2D eigenvalue weighted by Crippen LogP contribution is 2.49. The van der Waals surface area contributed by atoms with Crippen LogP contribution in [0.5, 0.6) is 0 Å². The summed E-state index contributed by atoms with van der Waals surface area (Å²) in [5.74, 6) is 2.38. The summed E-state index contributed by atoms with van der Waals surface area (Å²) in [6.45, 7) is 0. The second kappa shape index (κ2) is 5.95. The fraction of sp³-hybridized carbons (Fsp3) is 0.500. The third-order valence-electron chi connectivity index (χ3n) is 4.91. The molecule has 3 atom stereocenters. The van der Waals surface area contributed by atoms with E-state index in [9.17, 15) is 4.79 Å². The Balaban J connectivity index is 1.37. The molecule has 22 heavy (non-hydrogen) atoms. The van der Waals surface area contributed by atoms with E-state index in [4.69, 9.17) is 11.6 Å². The lowest BCUT2D eigenvalue weighted by Gasteiger charge is -2.20. The lowest BCUT2D eigenvalue weighted by Crippen LogP contribution is -2.20. The van der Waals surface area contributed by atoms with Crippen molar-refractivity contribution in [3.8, 4) is 10.6 Å². The number of aromatic nitrogens is 1. The molecule has 2 aliphatic rings. The minimum atomic E-state index is 0.114. The molecule has 2 heterocycles. The van der Waals surface area contributed by atoms with E-state index in [0.29, 0.717) is 17.5 Å². The van der Waals surface area contributed by atoms with Gasteiger partial charge in [0.2, 0.25) is 5.91 Å². The van der Waals surface area contributed by atoms with Crippen molar-refractivity contribution < 1.29 is 4.79 Å². The van der Waals surface area contributed by atoms with Gasteiger partial charge in [-0.1, -0.05) is 18.0 Å². The van der Waals surface area contributed by atoms with Gasteiger partial charge >= 0.3 is 0 Å². The van der Waals surface area contributed by atoms with Crippen LogP contribution in [0, 0.1) is 17.8 Å². The van der Waals surface area contributed by atoms with E-state index >= 15 is 0 Å². The fourth-order valence-corrected chi connectivity index (χ4v) is 5.74. The summed E-state index contributed by atoms with van der Waals surface area (Å²) >= 11 is 8.93.